The molecule has 2 heteroatoms. The van der Waals surface area contributed by atoms with E-state index in [1.54, 1.807) is 0 Å². The third-order valence-corrected chi connectivity index (χ3v) is 1.45. The van der Waals surface area contributed by atoms with Crippen LogP contribution in [0.4, 0.5) is 0 Å². The Morgan fingerprint density at radius 3 is 2.73 bits per heavy atom. The fraction of sp³-hybridized carbons (Fsp3) is 0.667. The van der Waals surface area contributed by atoms with Gasteiger partial charge in [-0.15, -0.1) is 6.42 Å². The number of rotatable bonds is 5. The van der Waals surface area contributed by atoms with Crippen molar-refractivity contribution in [2.45, 2.75) is 32.6 Å². The second-order valence-corrected chi connectivity index (χ2v) is 2.46. The summed E-state index contributed by atoms with van der Waals surface area (Å²) in [5, 5.41) is 2.62. The minimum Gasteiger partial charge on any atom is -0.345 e. The van der Waals surface area contributed by atoms with Crippen LogP contribution in [0.1, 0.15) is 32.6 Å². The van der Waals surface area contributed by atoms with Crippen molar-refractivity contribution >= 4 is 5.91 Å². The summed E-state index contributed by atoms with van der Waals surface area (Å²) in [6.07, 6.45) is 9.49. The number of unbranched alkanes of at least 4 members (excludes halogenated alkanes) is 3. The molecule has 0 fully saturated rings. The van der Waals surface area contributed by atoms with Crippen molar-refractivity contribution in [1.29, 1.82) is 0 Å². The SMILES string of the molecule is C#CC(=O)NCCCCCC. The van der Waals surface area contributed by atoms with E-state index in [-0.39, 0.29) is 5.91 Å². The van der Waals surface area contributed by atoms with E-state index in [1.165, 1.54) is 19.3 Å². The summed E-state index contributed by atoms with van der Waals surface area (Å²) in [5.74, 6) is 1.70. The highest BCUT2D eigenvalue weighted by Gasteiger charge is 1.91. The Balaban J connectivity index is 3.03. The highest BCUT2D eigenvalue weighted by molar-refractivity contribution is 5.92. The first-order chi connectivity index (χ1) is 5.31. The van der Waals surface area contributed by atoms with Crippen molar-refractivity contribution in [3.8, 4) is 12.3 Å². The fourth-order valence-corrected chi connectivity index (χ4v) is 0.805. The molecule has 0 aliphatic heterocycles. The molecule has 1 amide bonds. The van der Waals surface area contributed by atoms with Crippen molar-refractivity contribution in [2.24, 2.45) is 0 Å². The molecule has 0 aromatic heterocycles. The van der Waals surface area contributed by atoms with E-state index < -0.39 is 0 Å². The number of carbonyl (C=O) groups is 1. The monoisotopic (exact) mass is 153 g/mol. The summed E-state index contributed by atoms with van der Waals surface area (Å²) >= 11 is 0. The van der Waals surface area contributed by atoms with Crippen LogP contribution in [-0.4, -0.2) is 12.5 Å². The number of amides is 1. The highest BCUT2D eigenvalue weighted by atomic mass is 16.1. The lowest BCUT2D eigenvalue weighted by molar-refractivity contribution is -0.115. The maximum absolute atomic E-state index is 10.5. The van der Waals surface area contributed by atoms with Gasteiger partial charge in [0, 0.05) is 6.54 Å². The third kappa shape index (κ3) is 6.92. The minimum atomic E-state index is -0.304. The van der Waals surface area contributed by atoms with Gasteiger partial charge in [-0.25, -0.2) is 0 Å². The Labute approximate surface area is 68.4 Å². The van der Waals surface area contributed by atoms with Gasteiger partial charge in [-0.1, -0.05) is 26.2 Å². The Morgan fingerprint density at radius 1 is 1.45 bits per heavy atom. The molecule has 0 aliphatic carbocycles. The van der Waals surface area contributed by atoms with Crippen molar-refractivity contribution in [3.63, 3.8) is 0 Å². The molecule has 0 radical (unpaired) electrons. The molecule has 1 N–H and O–H groups in total. The molecule has 0 saturated carbocycles. The summed E-state index contributed by atoms with van der Waals surface area (Å²) in [6, 6.07) is 0. The van der Waals surface area contributed by atoms with E-state index in [9.17, 15) is 4.79 Å². The topological polar surface area (TPSA) is 29.1 Å². The van der Waals surface area contributed by atoms with Crippen LogP contribution >= 0.6 is 0 Å². The minimum absolute atomic E-state index is 0.304. The molecule has 0 heterocycles. The van der Waals surface area contributed by atoms with Gasteiger partial charge in [0.25, 0.3) is 5.91 Å². The van der Waals surface area contributed by atoms with Crippen molar-refractivity contribution in [1.82, 2.24) is 5.32 Å². The number of carbonyl (C=O) groups excluding carboxylic acids is 1. The lowest BCUT2D eigenvalue weighted by Crippen LogP contribution is -2.22. The lowest BCUT2D eigenvalue weighted by Gasteiger charge is -1.99. The molecular weight excluding hydrogens is 138 g/mol. The van der Waals surface area contributed by atoms with E-state index in [0.29, 0.717) is 6.54 Å². The van der Waals surface area contributed by atoms with Crippen LogP contribution in [0.15, 0.2) is 0 Å². The van der Waals surface area contributed by atoms with Crippen LogP contribution in [0.3, 0.4) is 0 Å². The average Bonchev–Trinajstić information content (AvgIpc) is 2.04. The number of terminal acetylenes is 1. The van der Waals surface area contributed by atoms with Crippen LogP contribution in [0.25, 0.3) is 0 Å². The smallest absolute Gasteiger partial charge is 0.295 e. The summed E-state index contributed by atoms with van der Waals surface area (Å²) in [7, 11) is 0. The average molecular weight is 153 g/mol. The normalized spacial score (nSPS) is 8.73. The van der Waals surface area contributed by atoms with E-state index in [4.69, 9.17) is 6.42 Å². The Kier molecular flexibility index (Phi) is 6.51. The predicted octanol–water partition coefficient (Wildman–Crippen LogP) is 1.32. The largest absolute Gasteiger partial charge is 0.345 e. The number of hydrogen-bond acceptors (Lipinski definition) is 1. The Bertz CT molecular complexity index is 146. The van der Waals surface area contributed by atoms with E-state index in [1.807, 2.05) is 5.92 Å². The molecule has 0 bridgehead atoms. The quantitative estimate of drug-likeness (QED) is 0.468. The number of hydrogen-bond donors (Lipinski definition) is 1. The molecular formula is C9H15NO. The fourth-order valence-electron chi connectivity index (χ4n) is 0.805. The van der Waals surface area contributed by atoms with Gasteiger partial charge >= 0.3 is 0 Å². The molecule has 0 aromatic rings. The summed E-state index contributed by atoms with van der Waals surface area (Å²) < 4.78 is 0. The van der Waals surface area contributed by atoms with Crippen molar-refractivity contribution in [3.05, 3.63) is 0 Å². The molecule has 0 unspecified atom stereocenters. The van der Waals surface area contributed by atoms with Gasteiger partial charge in [-0.3, -0.25) is 4.79 Å². The van der Waals surface area contributed by atoms with Crippen LogP contribution in [0, 0.1) is 12.3 Å². The summed E-state index contributed by atoms with van der Waals surface area (Å²) in [6.45, 7) is 2.86. The molecule has 0 aliphatic rings. The molecule has 0 spiro atoms. The molecule has 0 aromatic carbocycles. The van der Waals surface area contributed by atoms with Gasteiger partial charge in [0.15, 0.2) is 0 Å². The molecule has 0 rings (SSSR count). The van der Waals surface area contributed by atoms with E-state index in [2.05, 4.69) is 12.2 Å². The zero-order chi connectivity index (χ0) is 8.53. The van der Waals surface area contributed by atoms with Crippen molar-refractivity contribution < 1.29 is 4.79 Å². The van der Waals surface area contributed by atoms with Crippen LogP contribution in [0.5, 0.6) is 0 Å². The first kappa shape index (κ1) is 10.0. The molecule has 11 heavy (non-hydrogen) atoms. The first-order valence-corrected chi connectivity index (χ1v) is 4.05. The Morgan fingerprint density at radius 2 is 2.18 bits per heavy atom. The van der Waals surface area contributed by atoms with Crippen LogP contribution < -0.4 is 5.32 Å². The maximum Gasteiger partial charge on any atom is 0.295 e. The van der Waals surface area contributed by atoms with Gasteiger partial charge in [0.05, 0.1) is 0 Å². The third-order valence-electron chi connectivity index (χ3n) is 1.45. The van der Waals surface area contributed by atoms with Crippen LogP contribution in [-0.2, 0) is 4.79 Å². The zero-order valence-electron chi connectivity index (χ0n) is 7.02. The van der Waals surface area contributed by atoms with Gasteiger partial charge < -0.3 is 5.32 Å². The molecule has 62 valence electrons. The van der Waals surface area contributed by atoms with Gasteiger partial charge in [-0.2, -0.15) is 0 Å². The second-order valence-electron chi connectivity index (χ2n) is 2.46. The standard InChI is InChI=1S/C9H15NO/c1-3-5-6-7-8-10-9(11)4-2/h2H,3,5-8H2,1H3,(H,10,11). The number of nitrogens with one attached hydrogen (secondary N) is 1. The van der Waals surface area contributed by atoms with E-state index in [0.717, 1.165) is 6.42 Å². The summed E-state index contributed by atoms with van der Waals surface area (Å²) in [5.41, 5.74) is 0. The van der Waals surface area contributed by atoms with Gasteiger partial charge in [-0.05, 0) is 12.3 Å². The first-order valence-electron chi connectivity index (χ1n) is 4.05. The van der Waals surface area contributed by atoms with Crippen molar-refractivity contribution in [2.75, 3.05) is 6.54 Å². The molecule has 2 nitrogen and oxygen atoms in total. The molecule has 0 atom stereocenters. The Hall–Kier alpha value is -0.970. The van der Waals surface area contributed by atoms with E-state index >= 15 is 0 Å². The lowest BCUT2D eigenvalue weighted by atomic mass is 10.2. The van der Waals surface area contributed by atoms with Gasteiger partial charge in [0.2, 0.25) is 0 Å². The van der Waals surface area contributed by atoms with Gasteiger partial charge in [0.1, 0.15) is 0 Å². The predicted molar refractivity (Wildman–Crippen MR) is 46.0 cm³/mol. The zero-order valence-corrected chi connectivity index (χ0v) is 7.02. The highest BCUT2D eigenvalue weighted by Crippen LogP contribution is 1.96. The maximum atomic E-state index is 10.5. The summed E-state index contributed by atoms with van der Waals surface area (Å²) in [4.78, 5) is 10.5. The molecule has 0 saturated heterocycles. The van der Waals surface area contributed by atoms with Crippen LogP contribution in [0.2, 0.25) is 0 Å². The second kappa shape index (κ2) is 7.14.